The summed E-state index contributed by atoms with van der Waals surface area (Å²) < 4.78 is 13.0. The van der Waals surface area contributed by atoms with Gasteiger partial charge in [0.1, 0.15) is 5.82 Å². The molecule has 19 heavy (non-hydrogen) atoms. The number of halogens is 1. The van der Waals surface area contributed by atoms with Crippen LogP contribution in [0.1, 0.15) is 19.3 Å². The lowest BCUT2D eigenvalue weighted by molar-refractivity contribution is 0.247. The summed E-state index contributed by atoms with van der Waals surface area (Å²) in [6.45, 7) is 2.00. The van der Waals surface area contributed by atoms with E-state index in [1.54, 1.807) is 12.1 Å². The SMILES string of the molecule is O=C(Nc1cccc(F)c1)N[C@H]1CCN(C2CC2)C1. The number of amides is 2. The smallest absolute Gasteiger partial charge is 0.319 e. The third-order valence-electron chi connectivity index (χ3n) is 3.70. The van der Waals surface area contributed by atoms with Gasteiger partial charge in [0.25, 0.3) is 0 Å². The van der Waals surface area contributed by atoms with E-state index in [1.807, 2.05) is 0 Å². The van der Waals surface area contributed by atoms with E-state index in [1.165, 1.54) is 25.0 Å². The topological polar surface area (TPSA) is 44.4 Å². The highest BCUT2D eigenvalue weighted by atomic mass is 19.1. The summed E-state index contributed by atoms with van der Waals surface area (Å²) in [5.74, 6) is -0.349. The molecule has 0 radical (unpaired) electrons. The largest absolute Gasteiger partial charge is 0.334 e. The van der Waals surface area contributed by atoms with E-state index in [0.29, 0.717) is 5.69 Å². The van der Waals surface area contributed by atoms with E-state index >= 15 is 0 Å². The molecule has 0 spiro atoms. The van der Waals surface area contributed by atoms with Gasteiger partial charge in [0, 0.05) is 30.9 Å². The standard InChI is InChI=1S/C14H18FN3O/c15-10-2-1-3-11(8-10)16-14(19)17-12-6-7-18(9-12)13-4-5-13/h1-3,8,12-13H,4-7,9H2,(H2,16,17,19)/t12-/m0/s1. The second-order valence-corrected chi connectivity index (χ2v) is 5.32. The lowest BCUT2D eigenvalue weighted by atomic mass is 10.3. The number of rotatable bonds is 3. The van der Waals surface area contributed by atoms with Crippen LogP contribution in [-0.2, 0) is 0 Å². The van der Waals surface area contributed by atoms with E-state index in [4.69, 9.17) is 0 Å². The third-order valence-corrected chi connectivity index (χ3v) is 3.70. The first-order valence-corrected chi connectivity index (χ1v) is 6.78. The third kappa shape index (κ3) is 3.23. The van der Waals surface area contributed by atoms with E-state index < -0.39 is 0 Å². The van der Waals surface area contributed by atoms with Crippen LogP contribution < -0.4 is 10.6 Å². The van der Waals surface area contributed by atoms with Crippen LogP contribution in [0.5, 0.6) is 0 Å². The average molecular weight is 263 g/mol. The van der Waals surface area contributed by atoms with Crippen molar-refractivity contribution in [3.8, 4) is 0 Å². The predicted octanol–water partition coefficient (Wildman–Crippen LogP) is 2.18. The molecule has 3 rings (SSSR count). The van der Waals surface area contributed by atoms with Crippen LogP contribution >= 0.6 is 0 Å². The minimum Gasteiger partial charge on any atom is -0.334 e. The molecule has 0 unspecified atom stereocenters. The maximum absolute atomic E-state index is 13.0. The Labute approximate surface area is 112 Å². The van der Waals surface area contributed by atoms with Gasteiger partial charge in [0.2, 0.25) is 0 Å². The first-order chi connectivity index (χ1) is 9.20. The average Bonchev–Trinajstić information content (AvgIpc) is 3.11. The highest BCUT2D eigenvalue weighted by Gasteiger charge is 2.34. The number of carbonyl (C=O) groups is 1. The second kappa shape index (κ2) is 5.17. The van der Waals surface area contributed by atoms with E-state index in [0.717, 1.165) is 25.6 Å². The molecule has 2 fully saturated rings. The number of hydrogen-bond donors (Lipinski definition) is 2. The number of anilines is 1. The molecule has 0 bridgehead atoms. The lowest BCUT2D eigenvalue weighted by Crippen LogP contribution is -2.40. The van der Waals surface area contributed by atoms with Gasteiger partial charge in [-0.25, -0.2) is 9.18 Å². The van der Waals surface area contributed by atoms with Crippen molar-refractivity contribution in [1.29, 1.82) is 0 Å². The fraction of sp³-hybridized carbons (Fsp3) is 0.500. The Kier molecular flexibility index (Phi) is 3.38. The highest BCUT2D eigenvalue weighted by molar-refractivity contribution is 5.89. The van der Waals surface area contributed by atoms with Crippen molar-refractivity contribution in [2.45, 2.75) is 31.3 Å². The van der Waals surface area contributed by atoms with Gasteiger partial charge < -0.3 is 10.6 Å². The van der Waals surface area contributed by atoms with Crippen molar-refractivity contribution in [1.82, 2.24) is 10.2 Å². The van der Waals surface area contributed by atoms with Crippen molar-refractivity contribution in [3.05, 3.63) is 30.1 Å². The lowest BCUT2D eigenvalue weighted by Gasteiger charge is -2.16. The van der Waals surface area contributed by atoms with Crippen LogP contribution in [0.15, 0.2) is 24.3 Å². The molecule has 1 aromatic rings. The van der Waals surface area contributed by atoms with Gasteiger partial charge in [0.15, 0.2) is 0 Å². The normalized spacial score (nSPS) is 23.3. The molecule has 4 nitrogen and oxygen atoms in total. The molecular weight excluding hydrogens is 245 g/mol. The first-order valence-electron chi connectivity index (χ1n) is 6.78. The molecule has 1 saturated heterocycles. The molecule has 102 valence electrons. The predicted molar refractivity (Wildman–Crippen MR) is 71.6 cm³/mol. The number of carbonyl (C=O) groups excluding carboxylic acids is 1. The molecule has 1 atom stereocenters. The van der Waals surface area contributed by atoms with Gasteiger partial charge >= 0.3 is 6.03 Å². The van der Waals surface area contributed by atoms with Gasteiger partial charge in [-0.05, 0) is 37.5 Å². The Balaban J connectivity index is 1.48. The molecule has 2 amide bonds. The summed E-state index contributed by atoms with van der Waals surface area (Å²) in [4.78, 5) is 14.2. The number of nitrogens with zero attached hydrogens (tertiary/aromatic N) is 1. The van der Waals surface area contributed by atoms with Crippen molar-refractivity contribution >= 4 is 11.7 Å². The van der Waals surface area contributed by atoms with Crippen LogP contribution in [0.25, 0.3) is 0 Å². The number of nitrogens with one attached hydrogen (secondary N) is 2. The summed E-state index contributed by atoms with van der Waals surface area (Å²) in [6.07, 6.45) is 3.58. The summed E-state index contributed by atoms with van der Waals surface area (Å²) in [7, 11) is 0. The summed E-state index contributed by atoms with van der Waals surface area (Å²) in [5, 5.41) is 5.61. The summed E-state index contributed by atoms with van der Waals surface area (Å²) in [6, 6.07) is 6.61. The monoisotopic (exact) mass is 263 g/mol. The molecule has 1 heterocycles. The second-order valence-electron chi connectivity index (χ2n) is 5.32. The van der Waals surface area contributed by atoms with Gasteiger partial charge in [-0.3, -0.25) is 4.90 Å². The molecule has 1 aliphatic carbocycles. The maximum Gasteiger partial charge on any atom is 0.319 e. The van der Waals surface area contributed by atoms with Crippen LogP contribution in [-0.4, -0.2) is 36.1 Å². The first kappa shape index (κ1) is 12.4. The fourth-order valence-corrected chi connectivity index (χ4v) is 2.60. The Hall–Kier alpha value is -1.62. The Morgan fingerprint density at radius 3 is 2.89 bits per heavy atom. The van der Waals surface area contributed by atoms with Crippen molar-refractivity contribution < 1.29 is 9.18 Å². The van der Waals surface area contributed by atoms with Crippen LogP contribution in [0.2, 0.25) is 0 Å². The molecule has 1 saturated carbocycles. The van der Waals surface area contributed by atoms with Gasteiger partial charge in [0.05, 0.1) is 0 Å². The number of benzene rings is 1. The van der Waals surface area contributed by atoms with E-state index in [2.05, 4.69) is 15.5 Å². The van der Waals surface area contributed by atoms with Gasteiger partial charge in [-0.1, -0.05) is 6.07 Å². The van der Waals surface area contributed by atoms with Crippen molar-refractivity contribution in [2.24, 2.45) is 0 Å². The molecule has 1 aliphatic heterocycles. The minimum atomic E-state index is -0.349. The molecule has 2 aliphatic rings. The fourth-order valence-electron chi connectivity index (χ4n) is 2.60. The molecule has 2 N–H and O–H groups in total. The van der Waals surface area contributed by atoms with E-state index in [9.17, 15) is 9.18 Å². The number of urea groups is 1. The van der Waals surface area contributed by atoms with Crippen LogP contribution in [0, 0.1) is 5.82 Å². The molecular formula is C14H18FN3O. The molecule has 0 aromatic heterocycles. The highest BCUT2D eigenvalue weighted by Crippen LogP contribution is 2.29. The Bertz CT molecular complexity index is 476. The summed E-state index contributed by atoms with van der Waals surface area (Å²) >= 11 is 0. The van der Waals surface area contributed by atoms with Crippen molar-refractivity contribution in [2.75, 3.05) is 18.4 Å². The van der Waals surface area contributed by atoms with E-state index in [-0.39, 0.29) is 17.9 Å². The zero-order valence-electron chi connectivity index (χ0n) is 10.7. The Morgan fingerprint density at radius 1 is 1.32 bits per heavy atom. The minimum absolute atomic E-state index is 0.203. The number of likely N-dealkylation sites (tertiary alicyclic amines) is 1. The summed E-state index contributed by atoms with van der Waals surface area (Å²) in [5.41, 5.74) is 0.481. The number of hydrogen-bond acceptors (Lipinski definition) is 2. The Morgan fingerprint density at radius 2 is 2.16 bits per heavy atom. The quantitative estimate of drug-likeness (QED) is 0.878. The van der Waals surface area contributed by atoms with Crippen molar-refractivity contribution in [3.63, 3.8) is 0 Å². The molecule has 1 aromatic carbocycles. The van der Waals surface area contributed by atoms with Crippen LogP contribution in [0.3, 0.4) is 0 Å². The zero-order valence-corrected chi connectivity index (χ0v) is 10.7. The zero-order chi connectivity index (χ0) is 13.2. The van der Waals surface area contributed by atoms with Gasteiger partial charge in [-0.15, -0.1) is 0 Å². The molecule has 5 heteroatoms. The van der Waals surface area contributed by atoms with Gasteiger partial charge in [-0.2, -0.15) is 0 Å². The maximum atomic E-state index is 13.0. The van der Waals surface area contributed by atoms with Crippen LogP contribution in [0.4, 0.5) is 14.9 Å².